The number of halogens is 2. The molecule has 1 N–H and O–H groups in total. The number of terminal acetylenes is 1. The molecule has 2 atom stereocenters. The van der Waals surface area contributed by atoms with Gasteiger partial charge in [0.1, 0.15) is 29.5 Å². The Kier molecular flexibility index (Phi) is 14.4. The summed E-state index contributed by atoms with van der Waals surface area (Å²) >= 11 is 0. The van der Waals surface area contributed by atoms with Gasteiger partial charge in [-0.1, -0.05) is 48.4 Å². The lowest BCUT2D eigenvalue weighted by atomic mass is 9.76. The number of nitrogens with one attached hydrogen (secondary N) is 1. The van der Waals surface area contributed by atoms with E-state index in [0.29, 0.717) is 78.2 Å². The summed E-state index contributed by atoms with van der Waals surface area (Å²) in [4.78, 5) is 59.8. The van der Waals surface area contributed by atoms with Crippen molar-refractivity contribution < 1.29 is 37.4 Å². The predicted octanol–water partition coefficient (Wildman–Crippen LogP) is 10.1. The van der Waals surface area contributed by atoms with Crippen LogP contribution in [0.15, 0.2) is 66.7 Å². The highest BCUT2D eigenvalue weighted by molar-refractivity contribution is 6.04. The molecule has 7 aliphatic heterocycles. The quantitative estimate of drug-likeness (QED) is 0.119. The summed E-state index contributed by atoms with van der Waals surface area (Å²) in [6.07, 6.45) is 19.7. The summed E-state index contributed by atoms with van der Waals surface area (Å²) in [5.74, 6) is 1.74. The van der Waals surface area contributed by atoms with E-state index in [-0.39, 0.29) is 63.6 Å². The number of pyridine rings is 1. The van der Waals surface area contributed by atoms with Gasteiger partial charge in [-0.15, -0.1) is 6.42 Å². The number of hydrogen-bond acceptors (Lipinski definition) is 13. The second kappa shape index (κ2) is 22.3. The van der Waals surface area contributed by atoms with Crippen molar-refractivity contribution in [2.24, 2.45) is 12.5 Å². The highest BCUT2D eigenvalue weighted by Gasteiger charge is 2.46. The minimum Gasteiger partial charge on any atom is -0.461 e. The van der Waals surface area contributed by atoms with Gasteiger partial charge in [-0.3, -0.25) is 24.5 Å². The summed E-state index contributed by atoms with van der Waals surface area (Å²) < 4.78 is 50.9. The Morgan fingerprint density at radius 1 is 0.847 bits per heavy atom. The normalized spacial score (nSPS) is 21.9. The molecular formula is C67H72F2N10O6. The maximum absolute atomic E-state index is 16.9. The van der Waals surface area contributed by atoms with Gasteiger partial charge in [0.25, 0.3) is 0 Å². The second-order valence-electron chi connectivity index (χ2n) is 25.1. The second-order valence-corrected chi connectivity index (χ2v) is 25.1. The van der Waals surface area contributed by atoms with Gasteiger partial charge in [-0.05, 0) is 161 Å². The molecule has 16 nitrogen and oxygen atoms in total. The SMILES string of the molecule is C#Cc1c(F)ccc2cccc(-c3nc4c5c(nc(OCC67CCCN6CCC7)nc5c3F)N3CCCOCC3CC4)c12.COC(=O)N1CCC2(CC1)Cc1ccc(C3CCN(c4ccc5c(C6CCC(=O)NC6=O)nn(C)c5c4)CC3)cc1C2. The molecule has 8 aliphatic rings. The number of benzene rings is 4. The van der Waals surface area contributed by atoms with E-state index in [9.17, 15) is 18.8 Å². The van der Waals surface area contributed by atoms with Crippen LogP contribution in [0.4, 0.5) is 25.1 Å². The van der Waals surface area contributed by atoms with Crippen LogP contribution in [0.1, 0.15) is 123 Å². The highest BCUT2D eigenvalue weighted by atomic mass is 19.1. The number of aromatic nitrogens is 5. The van der Waals surface area contributed by atoms with E-state index in [0.717, 1.165) is 139 Å². The van der Waals surface area contributed by atoms with Crippen molar-refractivity contribution in [2.75, 3.05) is 82.5 Å². The zero-order chi connectivity index (χ0) is 58.1. The number of piperidine rings is 3. The van der Waals surface area contributed by atoms with Crippen LogP contribution in [0.3, 0.4) is 0 Å². The summed E-state index contributed by atoms with van der Waals surface area (Å²) in [7, 11) is 3.39. The number of amides is 3. The van der Waals surface area contributed by atoms with Crippen LogP contribution in [-0.4, -0.2) is 137 Å². The lowest BCUT2D eigenvalue weighted by Gasteiger charge is -2.38. The van der Waals surface area contributed by atoms with Gasteiger partial charge < -0.3 is 28.9 Å². The number of carbonyl (C=O) groups excluding carboxylic acids is 3. The molecule has 0 bridgehead atoms. The van der Waals surface area contributed by atoms with Crippen molar-refractivity contribution in [1.82, 2.24) is 39.8 Å². The number of fused-ring (bicyclic) bond motifs is 6. The molecule has 6 saturated heterocycles. The number of likely N-dealkylation sites (tertiary alicyclic amines) is 1. The average molecular weight is 1150 g/mol. The van der Waals surface area contributed by atoms with E-state index < -0.39 is 11.6 Å². The summed E-state index contributed by atoms with van der Waals surface area (Å²) in [6.45, 7) is 8.20. The molecule has 0 radical (unpaired) electrons. The molecule has 440 valence electrons. The standard InChI is InChI=1S/C34H33F2N5O2.C33H39N5O4/c1-2-23-25(35)11-9-21-7-3-8-24(27(21)23)30-29(36)31-28-26(37-30)12-10-22-19-42-18-6-17-41(22)32(28)39-33(38-31)43-20-34-13-4-15-40(34)16-5-14-34;1-36-28-18-25(5-6-26(28)30(35-36)27-7-8-29(39)34-31(27)40)37-13-9-21(10-14-37)22-3-4-23-19-33(20-24(23)17-22)11-15-38(16-12-33)32(41)42-2/h1,3,7-9,11,22H,4-6,10,12-20H2;3-6,17-18,21,27H,7-16,19-20H2,1-2H3,(H,34,39,40). The topological polar surface area (TPSA) is 160 Å². The zero-order valence-electron chi connectivity index (χ0n) is 48.6. The molecule has 2 unspecified atom stereocenters. The van der Waals surface area contributed by atoms with Crippen molar-refractivity contribution in [3.05, 3.63) is 112 Å². The van der Waals surface area contributed by atoms with Gasteiger partial charge in [0.05, 0.1) is 59.1 Å². The third-order valence-corrected chi connectivity index (χ3v) is 20.3. The minimum absolute atomic E-state index is 0.00280. The molecule has 1 aliphatic carbocycles. The van der Waals surface area contributed by atoms with Crippen LogP contribution >= 0.6 is 0 Å². The third-order valence-electron chi connectivity index (χ3n) is 20.3. The molecule has 4 aromatic carbocycles. The fraction of sp³-hybridized carbons (Fsp3) is 0.478. The monoisotopic (exact) mass is 1150 g/mol. The maximum atomic E-state index is 16.9. The van der Waals surface area contributed by atoms with Gasteiger partial charge in [0, 0.05) is 74.8 Å². The number of imide groups is 1. The molecule has 10 heterocycles. The Morgan fingerprint density at radius 2 is 1.66 bits per heavy atom. The Morgan fingerprint density at radius 3 is 2.45 bits per heavy atom. The molecule has 0 saturated carbocycles. The molecule has 15 rings (SSSR count). The number of ether oxygens (including phenoxy) is 3. The predicted molar refractivity (Wildman–Crippen MR) is 321 cm³/mol. The van der Waals surface area contributed by atoms with Crippen LogP contribution < -0.4 is 19.9 Å². The first-order valence-electron chi connectivity index (χ1n) is 30.7. The van der Waals surface area contributed by atoms with Crippen molar-refractivity contribution in [3.8, 4) is 29.6 Å². The zero-order valence-corrected chi connectivity index (χ0v) is 48.6. The minimum atomic E-state index is -0.585. The summed E-state index contributed by atoms with van der Waals surface area (Å²) in [5, 5.41) is 9.95. The molecule has 85 heavy (non-hydrogen) atoms. The lowest BCUT2D eigenvalue weighted by Crippen LogP contribution is -2.43. The van der Waals surface area contributed by atoms with E-state index in [1.165, 1.54) is 35.6 Å². The molecule has 7 aromatic rings. The molecular weight excluding hydrogens is 1080 g/mol. The first-order valence-corrected chi connectivity index (χ1v) is 30.7. The van der Waals surface area contributed by atoms with E-state index >= 15 is 4.39 Å². The Bertz CT molecular complexity index is 3850. The summed E-state index contributed by atoms with van der Waals surface area (Å²) in [6, 6.07) is 22.3. The maximum Gasteiger partial charge on any atom is 0.409 e. The molecule has 3 amide bonds. The van der Waals surface area contributed by atoms with Crippen molar-refractivity contribution in [1.29, 1.82) is 0 Å². The van der Waals surface area contributed by atoms with Crippen LogP contribution in [0.2, 0.25) is 0 Å². The van der Waals surface area contributed by atoms with Gasteiger partial charge in [-0.2, -0.15) is 15.1 Å². The van der Waals surface area contributed by atoms with Crippen molar-refractivity contribution >= 4 is 62.0 Å². The fourth-order valence-corrected chi connectivity index (χ4v) is 15.7. The van der Waals surface area contributed by atoms with E-state index in [4.69, 9.17) is 40.7 Å². The van der Waals surface area contributed by atoms with Gasteiger partial charge in [0.15, 0.2) is 5.82 Å². The third kappa shape index (κ3) is 9.98. The van der Waals surface area contributed by atoms with Crippen molar-refractivity contribution in [3.63, 3.8) is 0 Å². The summed E-state index contributed by atoms with van der Waals surface area (Å²) in [5.41, 5.74) is 9.24. The fourth-order valence-electron chi connectivity index (χ4n) is 15.7. The number of carbonyl (C=O) groups is 3. The Balaban J connectivity index is 0.000000151. The van der Waals surface area contributed by atoms with Crippen LogP contribution in [-0.2, 0) is 45.4 Å². The van der Waals surface area contributed by atoms with E-state index in [1.807, 2.05) is 28.8 Å². The Hall–Kier alpha value is -7.75. The van der Waals surface area contributed by atoms with Gasteiger partial charge in [-0.25, -0.2) is 18.6 Å². The van der Waals surface area contributed by atoms with Crippen LogP contribution in [0.5, 0.6) is 6.01 Å². The number of methoxy groups -OCH3 is 1. The van der Waals surface area contributed by atoms with Crippen molar-refractivity contribution in [2.45, 2.75) is 120 Å². The number of nitrogens with zero attached hydrogens (tertiary/aromatic N) is 9. The average Bonchev–Trinajstić information content (AvgIpc) is 3.83. The lowest BCUT2D eigenvalue weighted by molar-refractivity contribution is -0.134. The van der Waals surface area contributed by atoms with Gasteiger partial charge in [0.2, 0.25) is 11.8 Å². The first-order chi connectivity index (χ1) is 41.4. The molecule has 6 fully saturated rings. The largest absolute Gasteiger partial charge is 0.461 e. The van der Waals surface area contributed by atoms with E-state index in [2.05, 4.69) is 62.3 Å². The van der Waals surface area contributed by atoms with E-state index in [1.54, 1.807) is 12.1 Å². The first kappa shape index (κ1) is 55.1. The number of hydrogen-bond donors (Lipinski definition) is 1. The number of anilines is 2. The molecule has 18 heteroatoms. The highest BCUT2D eigenvalue weighted by Crippen LogP contribution is 2.47. The molecule has 3 aromatic heterocycles. The smallest absolute Gasteiger partial charge is 0.409 e. The molecule has 1 spiro atoms. The number of aryl methyl sites for hydroxylation is 2. The van der Waals surface area contributed by atoms with Crippen LogP contribution in [0.25, 0.3) is 43.8 Å². The Labute approximate surface area is 493 Å². The van der Waals surface area contributed by atoms with Crippen LogP contribution in [0, 0.1) is 29.4 Å². The number of rotatable bonds is 7. The van der Waals surface area contributed by atoms with Gasteiger partial charge >= 0.3 is 12.1 Å².